The largest absolute Gasteiger partial charge is 0.355 e. The number of nitrogens with zero attached hydrogens (tertiary/aromatic N) is 6. The minimum Gasteiger partial charge on any atom is -0.355 e. The van der Waals surface area contributed by atoms with E-state index in [9.17, 15) is 4.79 Å². The van der Waals surface area contributed by atoms with Crippen molar-refractivity contribution in [3.05, 3.63) is 65.1 Å². The number of rotatable bonds is 4. The molecule has 1 fully saturated rings. The average Bonchev–Trinajstić information content (AvgIpc) is 2.76. The molecular formula is C23H28N6O. The van der Waals surface area contributed by atoms with Crippen LogP contribution in [-0.4, -0.2) is 37.8 Å². The van der Waals surface area contributed by atoms with Gasteiger partial charge in [0.2, 0.25) is 0 Å². The summed E-state index contributed by atoms with van der Waals surface area (Å²) in [6, 6.07) is 9.47. The zero-order valence-corrected chi connectivity index (χ0v) is 17.8. The van der Waals surface area contributed by atoms with Gasteiger partial charge in [-0.1, -0.05) is 20.8 Å². The van der Waals surface area contributed by atoms with Gasteiger partial charge in [0.05, 0.1) is 17.7 Å². The van der Waals surface area contributed by atoms with Crippen molar-refractivity contribution >= 4 is 5.82 Å². The second kappa shape index (κ2) is 8.34. The third-order valence-electron chi connectivity index (χ3n) is 5.67. The molecule has 0 amide bonds. The van der Waals surface area contributed by atoms with E-state index in [1.807, 2.05) is 12.1 Å². The van der Waals surface area contributed by atoms with Crippen LogP contribution in [0.2, 0.25) is 0 Å². The zero-order chi connectivity index (χ0) is 21.1. The molecule has 30 heavy (non-hydrogen) atoms. The second-order valence-electron chi connectivity index (χ2n) is 8.96. The smallest absolute Gasteiger partial charge is 0.253 e. The number of hydrogen-bond donors (Lipinski definition) is 0. The number of piperidine rings is 1. The Hall–Kier alpha value is -3.09. The summed E-state index contributed by atoms with van der Waals surface area (Å²) in [5.41, 5.74) is 2.59. The summed E-state index contributed by atoms with van der Waals surface area (Å²) in [5, 5.41) is 8.84. The maximum absolute atomic E-state index is 12.6. The molecule has 0 saturated carbocycles. The van der Waals surface area contributed by atoms with Crippen LogP contribution in [0.3, 0.4) is 0 Å². The molecule has 7 nitrogen and oxygen atoms in total. The maximum atomic E-state index is 12.6. The Morgan fingerprint density at radius 1 is 1.03 bits per heavy atom. The number of anilines is 1. The maximum Gasteiger partial charge on any atom is 0.253 e. The number of aromatic nitrogens is 5. The van der Waals surface area contributed by atoms with Gasteiger partial charge in [0.1, 0.15) is 0 Å². The highest BCUT2D eigenvalue weighted by molar-refractivity contribution is 5.57. The Kier molecular flexibility index (Phi) is 5.61. The SMILES string of the molecule is CC(C)(C)c1ccc(N2CCC(Cn3cnc(-c4ccncc4)cc3=O)CC2)nn1. The van der Waals surface area contributed by atoms with E-state index in [1.54, 1.807) is 29.4 Å². The van der Waals surface area contributed by atoms with Crippen molar-refractivity contribution in [3.8, 4) is 11.3 Å². The first kappa shape index (κ1) is 20.2. The van der Waals surface area contributed by atoms with Crippen molar-refractivity contribution in [2.45, 2.75) is 45.6 Å². The van der Waals surface area contributed by atoms with Crippen molar-refractivity contribution in [3.63, 3.8) is 0 Å². The van der Waals surface area contributed by atoms with Crippen LogP contribution in [-0.2, 0) is 12.0 Å². The third-order valence-corrected chi connectivity index (χ3v) is 5.67. The predicted octanol–water partition coefficient (Wildman–Crippen LogP) is 3.31. The summed E-state index contributed by atoms with van der Waals surface area (Å²) in [6.45, 7) is 8.97. The normalized spacial score (nSPS) is 15.4. The van der Waals surface area contributed by atoms with E-state index in [1.165, 1.54) is 0 Å². The van der Waals surface area contributed by atoms with Gasteiger partial charge in [-0.05, 0) is 43.0 Å². The first-order valence-corrected chi connectivity index (χ1v) is 10.5. The molecule has 3 aromatic heterocycles. The highest BCUT2D eigenvalue weighted by Gasteiger charge is 2.22. The van der Waals surface area contributed by atoms with E-state index in [-0.39, 0.29) is 11.0 Å². The molecule has 3 aromatic rings. The quantitative estimate of drug-likeness (QED) is 0.664. The van der Waals surface area contributed by atoms with Gasteiger partial charge >= 0.3 is 0 Å². The minimum absolute atomic E-state index is 0.00671. The molecule has 0 N–H and O–H groups in total. The van der Waals surface area contributed by atoms with Gasteiger partial charge in [-0.2, -0.15) is 5.10 Å². The highest BCUT2D eigenvalue weighted by Crippen LogP contribution is 2.25. The molecule has 1 aliphatic heterocycles. The molecule has 0 spiro atoms. The van der Waals surface area contributed by atoms with Gasteiger partial charge in [-0.3, -0.25) is 14.3 Å². The Balaban J connectivity index is 1.36. The molecule has 1 saturated heterocycles. The number of hydrogen-bond acceptors (Lipinski definition) is 6. The molecule has 4 heterocycles. The summed E-state index contributed by atoms with van der Waals surface area (Å²) in [4.78, 5) is 23.3. The van der Waals surface area contributed by atoms with Crippen LogP contribution in [0.5, 0.6) is 0 Å². The zero-order valence-electron chi connectivity index (χ0n) is 17.8. The second-order valence-corrected chi connectivity index (χ2v) is 8.96. The van der Waals surface area contributed by atoms with E-state index < -0.39 is 0 Å². The highest BCUT2D eigenvalue weighted by atomic mass is 16.1. The van der Waals surface area contributed by atoms with Crippen LogP contribution >= 0.6 is 0 Å². The van der Waals surface area contributed by atoms with E-state index >= 15 is 0 Å². The molecule has 0 bridgehead atoms. The molecule has 1 aliphatic rings. The monoisotopic (exact) mass is 404 g/mol. The van der Waals surface area contributed by atoms with Crippen molar-refractivity contribution in [1.29, 1.82) is 0 Å². The Bertz CT molecular complexity index is 1030. The summed E-state index contributed by atoms with van der Waals surface area (Å²) in [6.07, 6.45) is 7.11. The topological polar surface area (TPSA) is 76.8 Å². The molecule has 0 unspecified atom stereocenters. The van der Waals surface area contributed by atoms with Crippen molar-refractivity contribution < 1.29 is 0 Å². The van der Waals surface area contributed by atoms with Crippen LogP contribution in [0.15, 0.2) is 53.8 Å². The molecular weight excluding hydrogens is 376 g/mol. The van der Waals surface area contributed by atoms with Crippen molar-refractivity contribution in [2.75, 3.05) is 18.0 Å². The molecule has 156 valence electrons. The first-order valence-electron chi connectivity index (χ1n) is 10.5. The lowest BCUT2D eigenvalue weighted by Gasteiger charge is -2.33. The molecule has 0 aliphatic carbocycles. The molecule has 0 radical (unpaired) electrons. The van der Waals surface area contributed by atoms with Gasteiger partial charge in [0.25, 0.3) is 5.56 Å². The fraction of sp³-hybridized carbons (Fsp3) is 0.435. The van der Waals surface area contributed by atoms with Crippen LogP contribution in [0, 0.1) is 5.92 Å². The number of pyridine rings is 1. The van der Waals surface area contributed by atoms with E-state index in [2.05, 4.69) is 58.0 Å². The summed E-state index contributed by atoms with van der Waals surface area (Å²) in [7, 11) is 0. The molecule has 0 atom stereocenters. The van der Waals surface area contributed by atoms with Gasteiger partial charge in [-0.15, -0.1) is 5.10 Å². The third kappa shape index (κ3) is 4.56. The Morgan fingerprint density at radius 3 is 2.37 bits per heavy atom. The molecule has 7 heteroatoms. The lowest BCUT2D eigenvalue weighted by Crippen LogP contribution is -2.37. The van der Waals surface area contributed by atoms with Crippen LogP contribution < -0.4 is 10.5 Å². The predicted molar refractivity (Wildman–Crippen MR) is 117 cm³/mol. The van der Waals surface area contributed by atoms with Gasteiger partial charge in [-0.25, -0.2) is 4.98 Å². The van der Waals surface area contributed by atoms with E-state index in [0.717, 1.165) is 43.0 Å². The molecule has 0 aromatic carbocycles. The van der Waals surface area contributed by atoms with Gasteiger partial charge < -0.3 is 4.90 Å². The summed E-state index contributed by atoms with van der Waals surface area (Å²) < 4.78 is 1.73. The standard InChI is InChI=1S/C23H28N6O/c1-23(2,3)20-4-5-21(27-26-20)28-12-8-17(9-13-28)15-29-16-25-19(14-22(29)30)18-6-10-24-11-7-18/h4-7,10-11,14,16-17H,8-9,12-13,15H2,1-3H3. The molecule has 4 rings (SSSR count). The van der Waals surface area contributed by atoms with Crippen molar-refractivity contribution in [1.82, 2.24) is 24.7 Å². The Morgan fingerprint density at radius 2 is 1.77 bits per heavy atom. The minimum atomic E-state index is -0.0112. The van der Waals surface area contributed by atoms with E-state index in [4.69, 9.17) is 0 Å². The Labute approximate surface area is 176 Å². The first-order chi connectivity index (χ1) is 14.4. The fourth-order valence-corrected chi connectivity index (χ4v) is 3.76. The van der Waals surface area contributed by atoms with Gasteiger partial charge in [0.15, 0.2) is 5.82 Å². The summed E-state index contributed by atoms with van der Waals surface area (Å²) >= 11 is 0. The summed E-state index contributed by atoms with van der Waals surface area (Å²) in [5.74, 6) is 1.39. The fourth-order valence-electron chi connectivity index (χ4n) is 3.76. The van der Waals surface area contributed by atoms with Crippen LogP contribution in [0.4, 0.5) is 5.82 Å². The average molecular weight is 405 g/mol. The van der Waals surface area contributed by atoms with Gasteiger partial charge in [0, 0.05) is 49.1 Å². The van der Waals surface area contributed by atoms with Crippen LogP contribution in [0.1, 0.15) is 39.3 Å². The lowest BCUT2D eigenvalue weighted by atomic mass is 9.92. The van der Waals surface area contributed by atoms with Crippen molar-refractivity contribution in [2.24, 2.45) is 5.92 Å². The van der Waals surface area contributed by atoms with E-state index in [0.29, 0.717) is 18.2 Å². The van der Waals surface area contributed by atoms with Crippen LogP contribution in [0.25, 0.3) is 11.3 Å². The lowest BCUT2D eigenvalue weighted by molar-refractivity contribution is 0.350.